The second kappa shape index (κ2) is 7.38. The van der Waals surface area contributed by atoms with Gasteiger partial charge in [0.2, 0.25) is 5.89 Å². The number of sulfone groups is 1. The van der Waals surface area contributed by atoms with E-state index in [0.29, 0.717) is 35.7 Å². The maximum absolute atomic E-state index is 11.8. The minimum Gasteiger partial charge on any atom is -0.338 e. The minimum atomic E-state index is -2.99. The summed E-state index contributed by atoms with van der Waals surface area (Å²) in [6.45, 7) is 12.4. The smallest absolute Gasteiger partial charge is 0.239 e. The second-order valence-electron chi connectivity index (χ2n) is 7.81. The van der Waals surface area contributed by atoms with Crippen molar-refractivity contribution in [3.8, 4) is 0 Å². The molecule has 0 aromatic carbocycles. The monoisotopic (exact) mass is 411 g/mol. The van der Waals surface area contributed by atoms with Crippen molar-refractivity contribution in [2.75, 3.05) is 11.5 Å². The zero-order valence-corrected chi connectivity index (χ0v) is 17.7. The molecule has 148 valence electrons. The van der Waals surface area contributed by atoms with Crippen LogP contribution in [0.15, 0.2) is 22.3 Å². The van der Waals surface area contributed by atoms with Crippen molar-refractivity contribution in [3.63, 3.8) is 0 Å². The Kier molecular flexibility index (Phi) is 5.49. The van der Waals surface area contributed by atoms with E-state index in [1.807, 2.05) is 32.3 Å². The predicted molar refractivity (Wildman–Crippen MR) is 104 cm³/mol. The molecule has 8 nitrogen and oxygen atoms in total. The lowest BCUT2D eigenvalue weighted by molar-refractivity contribution is 0.364. The highest BCUT2D eigenvalue weighted by molar-refractivity contribution is 7.99. The first-order chi connectivity index (χ1) is 12.6. The van der Waals surface area contributed by atoms with Gasteiger partial charge in [0.1, 0.15) is 5.82 Å². The number of allylic oxidation sites excluding steroid dienone is 1. The predicted octanol–water partition coefficient (Wildman–Crippen LogP) is 2.90. The van der Waals surface area contributed by atoms with Gasteiger partial charge >= 0.3 is 0 Å². The zero-order chi connectivity index (χ0) is 19.8. The van der Waals surface area contributed by atoms with Gasteiger partial charge in [0.15, 0.2) is 20.8 Å². The summed E-state index contributed by atoms with van der Waals surface area (Å²) in [5.74, 6) is 2.10. The van der Waals surface area contributed by atoms with Crippen LogP contribution < -0.4 is 0 Å². The molecule has 2 aromatic rings. The second-order valence-corrected chi connectivity index (χ2v) is 11.3. The average molecular weight is 412 g/mol. The number of nitrogens with zero attached hydrogens (tertiary/aromatic N) is 5. The van der Waals surface area contributed by atoms with Gasteiger partial charge in [-0.15, -0.1) is 16.8 Å². The van der Waals surface area contributed by atoms with E-state index in [2.05, 4.69) is 26.9 Å². The molecule has 3 rings (SSSR count). The molecule has 1 saturated heterocycles. The molecule has 0 aliphatic carbocycles. The third-order valence-electron chi connectivity index (χ3n) is 4.40. The van der Waals surface area contributed by atoms with E-state index in [-0.39, 0.29) is 28.1 Å². The molecule has 3 heterocycles. The summed E-state index contributed by atoms with van der Waals surface area (Å²) in [5, 5.41) is 13.2. The van der Waals surface area contributed by atoms with Crippen molar-refractivity contribution in [3.05, 3.63) is 30.2 Å². The molecule has 1 fully saturated rings. The van der Waals surface area contributed by atoms with E-state index in [9.17, 15) is 8.42 Å². The normalized spacial score (nSPS) is 20.7. The highest BCUT2D eigenvalue weighted by Crippen LogP contribution is 2.36. The van der Waals surface area contributed by atoms with Crippen LogP contribution in [-0.4, -0.2) is 44.8 Å². The molecular formula is C17H25N5O3S2. The first-order valence-electron chi connectivity index (χ1n) is 8.86. The van der Waals surface area contributed by atoms with Crippen LogP contribution >= 0.6 is 11.8 Å². The van der Waals surface area contributed by atoms with Gasteiger partial charge in [-0.05, 0) is 13.3 Å². The number of hydrogen-bond donors (Lipinski definition) is 0. The van der Waals surface area contributed by atoms with Crippen molar-refractivity contribution in [1.82, 2.24) is 24.9 Å². The fourth-order valence-corrected chi connectivity index (χ4v) is 5.54. The van der Waals surface area contributed by atoms with E-state index in [1.54, 1.807) is 6.08 Å². The summed E-state index contributed by atoms with van der Waals surface area (Å²) >= 11 is 1.46. The molecule has 2 aromatic heterocycles. The fraction of sp³-hybridized carbons (Fsp3) is 0.647. The van der Waals surface area contributed by atoms with E-state index in [4.69, 9.17) is 4.52 Å². The molecule has 0 N–H and O–H groups in total. The van der Waals surface area contributed by atoms with Crippen LogP contribution in [0.4, 0.5) is 0 Å². The van der Waals surface area contributed by atoms with Crippen LogP contribution in [0.25, 0.3) is 0 Å². The summed E-state index contributed by atoms with van der Waals surface area (Å²) in [4.78, 5) is 4.50. The third kappa shape index (κ3) is 4.43. The van der Waals surface area contributed by atoms with Crippen LogP contribution in [-0.2, 0) is 21.8 Å². The molecule has 0 radical (unpaired) electrons. The molecule has 1 aliphatic heterocycles. The average Bonchev–Trinajstić information content (AvgIpc) is 3.26. The standard InChI is InChI=1S/C17H25N5O3S2/c1-6-8-22-13(12-7-9-27(23,24)10-12)19-20-16(22)26-11(2)14-18-15(21-25-14)17(3,4)5/h6,11-12H,1,7-10H2,2-5H3/t11-,12-/m1/s1. The van der Waals surface area contributed by atoms with E-state index in [1.165, 1.54) is 11.8 Å². The van der Waals surface area contributed by atoms with E-state index in [0.717, 1.165) is 0 Å². The van der Waals surface area contributed by atoms with E-state index < -0.39 is 9.84 Å². The Bertz CT molecular complexity index is 927. The van der Waals surface area contributed by atoms with Crippen LogP contribution in [0.5, 0.6) is 0 Å². The maximum atomic E-state index is 11.8. The summed E-state index contributed by atoms with van der Waals surface area (Å²) in [6.07, 6.45) is 2.34. The van der Waals surface area contributed by atoms with Crippen LogP contribution in [0.3, 0.4) is 0 Å². The summed E-state index contributed by atoms with van der Waals surface area (Å²) in [7, 11) is -2.99. The minimum absolute atomic E-state index is 0.110. The molecule has 0 bridgehead atoms. The van der Waals surface area contributed by atoms with Crippen LogP contribution in [0.1, 0.15) is 62.8 Å². The molecule has 2 atom stereocenters. The Morgan fingerprint density at radius 2 is 2.15 bits per heavy atom. The fourth-order valence-electron chi connectivity index (χ4n) is 2.90. The van der Waals surface area contributed by atoms with Crippen LogP contribution in [0.2, 0.25) is 0 Å². The van der Waals surface area contributed by atoms with Gasteiger partial charge in [0, 0.05) is 17.9 Å². The Balaban J connectivity index is 1.82. The quantitative estimate of drug-likeness (QED) is 0.528. The van der Waals surface area contributed by atoms with Crippen molar-refractivity contribution in [1.29, 1.82) is 0 Å². The Morgan fingerprint density at radius 1 is 1.41 bits per heavy atom. The van der Waals surface area contributed by atoms with Gasteiger partial charge in [-0.3, -0.25) is 0 Å². The largest absolute Gasteiger partial charge is 0.338 e. The highest BCUT2D eigenvalue weighted by Gasteiger charge is 2.33. The SMILES string of the molecule is C=CCn1c(S[C@H](C)c2nc(C(C)(C)C)no2)nnc1[C@@H]1CCS(=O)(=O)C1. The molecule has 27 heavy (non-hydrogen) atoms. The van der Waals surface area contributed by atoms with Gasteiger partial charge in [0.05, 0.1) is 16.8 Å². The molecule has 0 amide bonds. The van der Waals surface area contributed by atoms with Crippen molar-refractivity contribution in [2.24, 2.45) is 0 Å². The van der Waals surface area contributed by atoms with Gasteiger partial charge in [-0.25, -0.2) is 8.42 Å². The topological polar surface area (TPSA) is 104 Å². The Hall–Kier alpha value is -1.68. The Labute approximate surface area is 163 Å². The zero-order valence-electron chi connectivity index (χ0n) is 16.0. The van der Waals surface area contributed by atoms with Gasteiger partial charge < -0.3 is 9.09 Å². The molecule has 1 aliphatic rings. The first-order valence-corrected chi connectivity index (χ1v) is 11.6. The van der Waals surface area contributed by atoms with Crippen molar-refractivity contribution in [2.45, 2.75) is 62.4 Å². The first kappa shape index (κ1) is 20.1. The van der Waals surface area contributed by atoms with E-state index >= 15 is 0 Å². The molecule has 0 saturated carbocycles. The summed E-state index contributed by atoms with van der Waals surface area (Å²) in [5.41, 5.74) is -0.184. The van der Waals surface area contributed by atoms with Gasteiger partial charge in [-0.2, -0.15) is 4.98 Å². The summed E-state index contributed by atoms with van der Waals surface area (Å²) in [6, 6.07) is 0. The van der Waals surface area contributed by atoms with Gasteiger partial charge in [0.25, 0.3) is 0 Å². The lowest BCUT2D eigenvalue weighted by Crippen LogP contribution is -2.13. The molecule has 0 spiro atoms. The molecular weight excluding hydrogens is 386 g/mol. The Morgan fingerprint density at radius 3 is 2.70 bits per heavy atom. The summed E-state index contributed by atoms with van der Waals surface area (Å²) < 4.78 is 31.0. The lowest BCUT2D eigenvalue weighted by Gasteiger charge is -2.13. The number of rotatable bonds is 6. The lowest BCUT2D eigenvalue weighted by atomic mass is 9.96. The van der Waals surface area contributed by atoms with Gasteiger partial charge in [-0.1, -0.05) is 43.8 Å². The molecule has 0 unspecified atom stereocenters. The number of hydrogen-bond acceptors (Lipinski definition) is 8. The third-order valence-corrected chi connectivity index (χ3v) is 7.23. The number of thioether (sulfide) groups is 1. The van der Waals surface area contributed by atoms with Crippen LogP contribution in [0, 0.1) is 0 Å². The van der Waals surface area contributed by atoms with Crippen molar-refractivity contribution >= 4 is 21.6 Å². The molecule has 10 heteroatoms. The number of aromatic nitrogens is 5. The van der Waals surface area contributed by atoms with Crippen molar-refractivity contribution < 1.29 is 12.9 Å². The highest BCUT2D eigenvalue weighted by atomic mass is 32.2. The maximum Gasteiger partial charge on any atom is 0.239 e.